The van der Waals surface area contributed by atoms with Crippen LogP contribution in [0.5, 0.6) is 0 Å². The topological polar surface area (TPSA) is 69.7 Å². The second kappa shape index (κ2) is 7.85. The molecule has 1 aromatic carbocycles. The number of piperidine rings is 2. The Labute approximate surface area is 150 Å². The fraction of sp³-hybridized carbons (Fsp3) is 0.611. The second-order valence-electron chi connectivity index (χ2n) is 7.16. The zero-order valence-corrected chi connectivity index (χ0v) is 15.5. The maximum atomic E-state index is 12.6. The number of carbonyl (C=O) groups excluding carboxylic acids is 1. The highest BCUT2D eigenvalue weighted by Crippen LogP contribution is 2.20. The third-order valence-electron chi connectivity index (χ3n) is 5.08. The number of rotatable bonds is 4. The van der Waals surface area contributed by atoms with E-state index in [0.29, 0.717) is 50.5 Å². The van der Waals surface area contributed by atoms with Crippen molar-refractivity contribution in [3.05, 3.63) is 35.9 Å². The second-order valence-corrected chi connectivity index (χ2v) is 8.86. The normalized spacial score (nSPS) is 23.6. The maximum Gasteiger partial charge on any atom is 0.279 e. The zero-order valence-electron chi connectivity index (χ0n) is 14.7. The minimum Gasteiger partial charge on any atom is -0.339 e. The first-order valence-electron chi connectivity index (χ1n) is 9.07. The van der Waals surface area contributed by atoms with E-state index in [9.17, 15) is 13.2 Å². The number of hydrogen-bond acceptors (Lipinski definition) is 3. The van der Waals surface area contributed by atoms with Crippen molar-refractivity contribution in [1.29, 1.82) is 0 Å². The van der Waals surface area contributed by atoms with Crippen LogP contribution in [0.15, 0.2) is 30.3 Å². The first-order valence-corrected chi connectivity index (χ1v) is 10.5. The van der Waals surface area contributed by atoms with Gasteiger partial charge in [-0.05, 0) is 43.7 Å². The lowest BCUT2D eigenvalue weighted by atomic mass is 10.0. The molecule has 6 nitrogen and oxygen atoms in total. The highest BCUT2D eigenvalue weighted by atomic mass is 32.2. The number of amides is 1. The van der Waals surface area contributed by atoms with Crippen LogP contribution < -0.4 is 4.72 Å². The third-order valence-corrected chi connectivity index (χ3v) is 6.72. The Bertz CT molecular complexity index is 685. The Hall–Kier alpha value is -1.44. The van der Waals surface area contributed by atoms with Crippen LogP contribution in [-0.4, -0.2) is 55.8 Å². The zero-order chi connectivity index (χ0) is 17.9. The smallest absolute Gasteiger partial charge is 0.279 e. The molecule has 0 aliphatic carbocycles. The molecule has 0 bridgehead atoms. The molecule has 1 atom stereocenters. The Morgan fingerprint density at radius 2 is 1.76 bits per heavy atom. The molecule has 2 heterocycles. The van der Waals surface area contributed by atoms with Gasteiger partial charge in [0.2, 0.25) is 0 Å². The van der Waals surface area contributed by atoms with Crippen molar-refractivity contribution < 1.29 is 13.2 Å². The Kier molecular flexibility index (Phi) is 5.76. The minimum atomic E-state index is -3.43. The third kappa shape index (κ3) is 4.59. The number of benzene rings is 1. The molecule has 1 unspecified atom stereocenters. The molecule has 3 rings (SSSR count). The molecular formula is C18H27N3O3S. The summed E-state index contributed by atoms with van der Waals surface area (Å²) in [5.41, 5.74) is 0.684. The highest BCUT2D eigenvalue weighted by molar-refractivity contribution is 7.87. The van der Waals surface area contributed by atoms with E-state index in [1.165, 1.54) is 0 Å². The van der Waals surface area contributed by atoms with Crippen molar-refractivity contribution >= 4 is 16.1 Å². The number of hydrogen-bond donors (Lipinski definition) is 1. The summed E-state index contributed by atoms with van der Waals surface area (Å²) in [5, 5.41) is 0. The maximum absolute atomic E-state index is 12.6. The number of nitrogens with zero attached hydrogens (tertiary/aromatic N) is 2. The molecule has 1 aromatic rings. The lowest BCUT2D eigenvalue weighted by Gasteiger charge is -2.35. The number of nitrogens with one attached hydrogen (secondary N) is 1. The van der Waals surface area contributed by atoms with Gasteiger partial charge in [0.15, 0.2) is 0 Å². The molecule has 0 spiro atoms. The number of carbonyl (C=O) groups is 1. The van der Waals surface area contributed by atoms with E-state index in [-0.39, 0.29) is 11.9 Å². The van der Waals surface area contributed by atoms with Gasteiger partial charge >= 0.3 is 0 Å². The average Bonchev–Trinajstić information content (AvgIpc) is 2.62. The van der Waals surface area contributed by atoms with E-state index < -0.39 is 10.2 Å². The van der Waals surface area contributed by atoms with Crippen molar-refractivity contribution in [2.75, 3.05) is 26.2 Å². The summed E-state index contributed by atoms with van der Waals surface area (Å²) in [5.74, 6) is 0.433. The molecule has 2 aliphatic rings. The molecule has 7 heteroatoms. The molecule has 138 valence electrons. The molecule has 25 heavy (non-hydrogen) atoms. The standard InChI is InChI=1S/C18H27N3O3S/c1-15-6-5-11-21(14-15)25(23,24)19-17-9-12-20(13-10-17)18(22)16-7-3-2-4-8-16/h2-4,7-8,15,17,19H,5-6,9-14H2,1H3. The van der Waals surface area contributed by atoms with Crippen LogP contribution in [0.3, 0.4) is 0 Å². The molecular weight excluding hydrogens is 338 g/mol. The first kappa shape index (κ1) is 18.4. The summed E-state index contributed by atoms with van der Waals surface area (Å²) >= 11 is 0. The van der Waals surface area contributed by atoms with Crippen LogP contribution in [0.25, 0.3) is 0 Å². The van der Waals surface area contributed by atoms with Gasteiger partial charge in [-0.25, -0.2) is 0 Å². The summed E-state index contributed by atoms with van der Waals surface area (Å²) in [6.07, 6.45) is 3.32. The van der Waals surface area contributed by atoms with Crippen molar-refractivity contribution in [3.63, 3.8) is 0 Å². The van der Waals surface area contributed by atoms with E-state index in [4.69, 9.17) is 0 Å². The Morgan fingerprint density at radius 3 is 2.40 bits per heavy atom. The summed E-state index contributed by atoms with van der Waals surface area (Å²) in [4.78, 5) is 14.3. The molecule has 0 radical (unpaired) electrons. The van der Waals surface area contributed by atoms with Crippen molar-refractivity contribution in [3.8, 4) is 0 Å². The van der Waals surface area contributed by atoms with Gasteiger partial charge in [-0.1, -0.05) is 25.1 Å². The lowest BCUT2D eigenvalue weighted by molar-refractivity contribution is 0.0711. The summed E-state index contributed by atoms with van der Waals surface area (Å²) < 4.78 is 29.6. The van der Waals surface area contributed by atoms with Gasteiger partial charge in [0.25, 0.3) is 16.1 Å². The monoisotopic (exact) mass is 365 g/mol. The van der Waals surface area contributed by atoms with Crippen molar-refractivity contribution in [2.45, 2.75) is 38.6 Å². The summed E-state index contributed by atoms with van der Waals surface area (Å²) in [7, 11) is -3.43. The predicted octanol–water partition coefficient (Wildman–Crippen LogP) is 1.86. The van der Waals surface area contributed by atoms with E-state index in [0.717, 1.165) is 12.8 Å². The molecule has 1 amide bonds. The van der Waals surface area contributed by atoms with E-state index in [1.807, 2.05) is 35.2 Å². The molecule has 2 saturated heterocycles. The van der Waals surface area contributed by atoms with Crippen LogP contribution in [0.2, 0.25) is 0 Å². The van der Waals surface area contributed by atoms with Gasteiger partial charge in [-0.15, -0.1) is 0 Å². The Morgan fingerprint density at radius 1 is 1.08 bits per heavy atom. The van der Waals surface area contributed by atoms with Crippen LogP contribution in [0.1, 0.15) is 43.0 Å². The van der Waals surface area contributed by atoms with Crippen LogP contribution in [-0.2, 0) is 10.2 Å². The van der Waals surface area contributed by atoms with Crippen LogP contribution in [0.4, 0.5) is 0 Å². The van der Waals surface area contributed by atoms with Gasteiger partial charge < -0.3 is 4.90 Å². The van der Waals surface area contributed by atoms with Crippen molar-refractivity contribution in [1.82, 2.24) is 13.9 Å². The van der Waals surface area contributed by atoms with E-state index in [1.54, 1.807) is 4.31 Å². The average molecular weight is 365 g/mol. The summed E-state index contributed by atoms with van der Waals surface area (Å²) in [6.45, 7) is 4.45. The molecule has 0 saturated carbocycles. The highest BCUT2D eigenvalue weighted by Gasteiger charge is 2.31. The van der Waals surface area contributed by atoms with Crippen LogP contribution >= 0.6 is 0 Å². The molecule has 2 fully saturated rings. The molecule has 0 aromatic heterocycles. The lowest BCUT2D eigenvalue weighted by Crippen LogP contribution is -2.52. The van der Waals surface area contributed by atoms with Gasteiger partial charge in [0.1, 0.15) is 0 Å². The minimum absolute atomic E-state index is 0.0202. The van der Waals surface area contributed by atoms with Gasteiger partial charge in [-0.2, -0.15) is 17.4 Å². The first-order chi connectivity index (χ1) is 12.0. The predicted molar refractivity (Wildman–Crippen MR) is 97.4 cm³/mol. The van der Waals surface area contributed by atoms with Crippen LogP contribution in [0, 0.1) is 5.92 Å². The van der Waals surface area contributed by atoms with Crippen molar-refractivity contribution in [2.24, 2.45) is 5.92 Å². The largest absolute Gasteiger partial charge is 0.339 e. The Balaban J connectivity index is 1.53. The SMILES string of the molecule is CC1CCCN(S(=O)(=O)NC2CCN(C(=O)c3ccccc3)CC2)C1. The fourth-order valence-electron chi connectivity index (χ4n) is 3.61. The molecule has 1 N–H and O–H groups in total. The number of likely N-dealkylation sites (tertiary alicyclic amines) is 1. The molecule has 2 aliphatic heterocycles. The summed E-state index contributed by atoms with van der Waals surface area (Å²) in [6, 6.07) is 9.13. The van der Waals surface area contributed by atoms with Gasteiger partial charge in [-0.3, -0.25) is 4.79 Å². The fourth-order valence-corrected chi connectivity index (χ4v) is 5.24. The van der Waals surface area contributed by atoms with E-state index in [2.05, 4.69) is 11.6 Å². The van der Waals surface area contributed by atoms with E-state index >= 15 is 0 Å². The van der Waals surface area contributed by atoms with Gasteiger partial charge in [0.05, 0.1) is 0 Å². The van der Waals surface area contributed by atoms with Gasteiger partial charge in [0, 0.05) is 37.8 Å². The quantitative estimate of drug-likeness (QED) is 0.885.